The summed E-state index contributed by atoms with van der Waals surface area (Å²) in [4.78, 5) is 29.9. The fourth-order valence-electron chi connectivity index (χ4n) is 4.43. The van der Waals surface area contributed by atoms with Gasteiger partial charge in [-0.3, -0.25) is 9.59 Å². The summed E-state index contributed by atoms with van der Waals surface area (Å²) in [5.41, 5.74) is 0.588. The second-order valence-corrected chi connectivity index (χ2v) is 7.73. The summed E-state index contributed by atoms with van der Waals surface area (Å²) in [6.45, 7) is 4.30. The van der Waals surface area contributed by atoms with E-state index >= 15 is 0 Å². The molecule has 0 saturated carbocycles. The number of rotatable bonds is 5. The minimum absolute atomic E-state index is 0.0174. The number of ether oxygens (including phenoxy) is 2. The number of methoxy groups -OCH3 is 2. The normalized spacial score (nSPS) is 20.8. The Morgan fingerprint density at radius 2 is 1.71 bits per heavy atom. The van der Waals surface area contributed by atoms with Crippen LogP contribution in [-0.4, -0.2) is 61.5 Å². The fourth-order valence-corrected chi connectivity index (χ4v) is 4.43. The number of hydrogen-bond acceptors (Lipinski definition) is 4. The van der Waals surface area contributed by atoms with Gasteiger partial charge in [0, 0.05) is 37.2 Å². The molecule has 0 aliphatic carbocycles. The SMILES string of the molecule is CCC1CCCCN1C(=O)C1CCN(C(=O)c2ccc(OC)c(OC)c2)CC1. The molecule has 2 heterocycles. The van der Waals surface area contributed by atoms with E-state index in [-0.39, 0.29) is 11.8 Å². The molecule has 6 nitrogen and oxygen atoms in total. The van der Waals surface area contributed by atoms with Gasteiger partial charge in [0.25, 0.3) is 5.91 Å². The molecule has 1 atom stereocenters. The van der Waals surface area contributed by atoms with Crippen LogP contribution in [0.4, 0.5) is 0 Å². The standard InChI is InChI=1S/C22H32N2O4/c1-4-18-7-5-6-12-24(18)22(26)16-10-13-23(14-11-16)21(25)17-8-9-19(27-2)20(15-17)28-3/h8-9,15-16,18H,4-7,10-14H2,1-3H3. The summed E-state index contributed by atoms with van der Waals surface area (Å²) in [5.74, 6) is 1.48. The first-order valence-corrected chi connectivity index (χ1v) is 10.4. The zero-order chi connectivity index (χ0) is 20.1. The molecule has 1 unspecified atom stereocenters. The lowest BCUT2D eigenvalue weighted by atomic mass is 9.91. The van der Waals surface area contributed by atoms with Gasteiger partial charge in [0.2, 0.25) is 5.91 Å². The van der Waals surface area contributed by atoms with Gasteiger partial charge in [-0.15, -0.1) is 0 Å². The molecule has 1 aromatic carbocycles. The minimum atomic E-state index is -0.0174. The number of carbonyl (C=O) groups excluding carboxylic acids is 2. The maximum absolute atomic E-state index is 13.0. The molecule has 154 valence electrons. The molecule has 1 aromatic rings. The second kappa shape index (κ2) is 9.30. The van der Waals surface area contributed by atoms with E-state index in [4.69, 9.17) is 9.47 Å². The highest BCUT2D eigenvalue weighted by atomic mass is 16.5. The van der Waals surface area contributed by atoms with Crippen LogP contribution < -0.4 is 9.47 Å². The average molecular weight is 389 g/mol. The summed E-state index contributed by atoms with van der Waals surface area (Å²) < 4.78 is 10.5. The van der Waals surface area contributed by atoms with Crippen LogP contribution in [-0.2, 0) is 4.79 Å². The van der Waals surface area contributed by atoms with Crippen molar-refractivity contribution in [3.63, 3.8) is 0 Å². The van der Waals surface area contributed by atoms with E-state index in [0.717, 1.165) is 38.6 Å². The predicted octanol–water partition coefficient (Wildman–Crippen LogP) is 3.35. The van der Waals surface area contributed by atoms with Gasteiger partial charge in [-0.05, 0) is 56.7 Å². The summed E-state index contributed by atoms with van der Waals surface area (Å²) in [7, 11) is 3.14. The molecule has 2 amide bonds. The van der Waals surface area contributed by atoms with Gasteiger partial charge in [0.1, 0.15) is 0 Å². The van der Waals surface area contributed by atoms with Gasteiger partial charge < -0.3 is 19.3 Å². The smallest absolute Gasteiger partial charge is 0.253 e. The van der Waals surface area contributed by atoms with Crippen LogP contribution in [0.5, 0.6) is 11.5 Å². The van der Waals surface area contributed by atoms with Crippen molar-refractivity contribution in [1.82, 2.24) is 9.80 Å². The van der Waals surface area contributed by atoms with Crippen LogP contribution >= 0.6 is 0 Å². The van der Waals surface area contributed by atoms with E-state index in [1.165, 1.54) is 6.42 Å². The Morgan fingerprint density at radius 3 is 2.36 bits per heavy atom. The molecule has 6 heteroatoms. The highest BCUT2D eigenvalue weighted by molar-refractivity contribution is 5.95. The minimum Gasteiger partial charge on any atom is -0.493 e. The molecule has 0 N–H and O–H groups in total. The van der Waals surface area contributed by atoms with E-state index < -0.39 is 0 Å². The van der Waals surface area contributed by atoms with E-state index in [2.05, 4.69) is 11.8 Å². The fraction of sp³-hybridized carbons (Fsp3) is 0.636. The lowest BCUT2D eigenvalue weighted by Gasteiger charge is -2.39. The van der Waals surface area contributed by atoms with Crippen LogP contribution in [0.15, 0.2) is 18.2 Å². The highest BCUT2D eigenvalue weighted by Crippen LogP contribution is 2.30. The molecule has 2 fully saturated rings. The second-order valence-electron chi connectivity index (χ2n) is 7.73. The van der Waals surface area contributed by atoms with Crippen molar-refractivity contribution in [2.75, 3.05) is 33.9 Å². The molecular formula is C22H32N2O4. The predicted molar refractivity (Wildman–Crippen MR) is 108 cm³/mol. The first-order valence-electron chi connectivity index (χ1n) is 10.4. The summed E-state index contributed by atoms with van der Waals surface area (Å²) in [6.07, 6.45) is 5.97. The molecule has 0 radical (unpaired) electrons. The van der Waals surface area contributed by atoms with Gasteiger partial charge in [-0.2, -0.15) is 0 Å². The summed E-state index contributed by atoms with van der Waals surface area (Å²) in [5, 5.41) is 0. The van der Waals surface area contributed by atoms with Crippen LogP contribution in [0, 0.1) is 5.92 Å². The monoisotopic (exact) mass is 388 g/mol. The number of benzene rings is 1. The molecule has 0 aromatic heterocycles. The molecule has 0 bridgehead atoms. The molecule has 2 aliphatic rings. The van der Waals surface area contributed by atoms with Gasteiger partial charge in [0.15, 0.2) is 11.5 Å². The Hall–Kier alpha value is -2.24. The zero-order valence-corrected chi connectivity index (χ0v) is 17.3. The number of nitrogens with zero attached hydrogens (tertiary/aromatic N) is 2. The Balaban J connectivity index is 1.60. The lowest BCUT2D eigenvalue weighted by molar-refractivity contribution is -0.140. The number of carbonyl (C=O) groups is 2. The molecule has 0 spiro atoms. The van der Waals surface area contributed by atoms with Crippen LogP contribution in [0.2, 0.25) is 0 Å². The van der Waals surface area contributed by atoms with Crippen molar-refractivity contribution in [2.45, 2.75) is 51.5 Å². The zero-order valence-electron chi connectivity index (χ0n) is 17.3. The number of likely N-dealkylation sites (tertiary alicyclic amines) is 2. The van der Waals surface area contributed by atoms with Crippen molar-refractivity contribution < 1.29 is 19.1 Å². The molecule has 28 heavy (non-hydrogen) atoms. The van der Waals surface area contributed by atoms with E-state index in [9.17, 15) is 9.59 Å². The largest absolute Gasteiger partial charge is 0.493 e. The molecule has 2 aliphatic heterocycles. The maximum atomic E-state index is 13.0. The summed E-state index contributed by atoms with van der Waals surface area (Å²) in [6, 6.07) is 5.63. The van der Waals surface area contributed by atoms with Crippen molar-refractivity contribution >= 4 is 11.8 Å². The van der Waals surface area contributed by atoms with Crippen molar-refractivity contribution in [3.05, 3.63) is 23.8 Å². The van der Waals surface area contributed by atoms with Crippen molar-refractivity contribution in [2.24, 2.45) is 5.92 Å². The number of piperidine rings is 2. The lowest BCUT2D eigenvalue weighted by Crippen LogP contribution is -2.49. The third-order valence-corrected chi connectivity index (χ3v) is 6.14. The molecule has 2 saturated heterocycles. The molecule has 3 rings (SSSR count). The quantitative estimate of drug-likeness (QED) is 0.776. The van der Waals surface area contributed by atoms with Gasteiger partial charge in [0.05, 0.1) is 14.2 Å². The van der Waals surface area contributed by atoms with E-state index in [1.54, 1.807) is 32.4 Å². The first kappa shape index (κ1) is 20.5. The Kier molecular flexibility index (Phi) is 6.81. The highest BCUT2D eigenvalue weighted by Gasteiger charge is 2.34. The first-order chi connectivity index (χ1) is 13.6. The Labute approximate surface area is 167 Å². The van der Waals surface area contributed by atoms with Gasteiger partial charge in [-0.1, -0.05) is 6.92 Å². The topological polar surface area (TPSA) is 59.1 Å². The van der Waals surface area contributed by atoms with Gasteiger partial charge in [-0.25, -0.2) is 0 Å². The number of hydrogen-bond donors (Lipinski definition) is 0. The Bertz CT molecular complexity index is 698. The molecular weight excluding hydrogens is 356 g/mol. The number of amides is 2. The van der Waals surface area contributed by atoms with E-state index in [1.807, 2.05) is 4.90 Å². The third kappa shape index (κ3) is 4.26. The van der Waals surface area contributed by atoms with Crippen molar-refractivity contribution in [3.8, 4) is 11.5 Å². The third-order valence-electron chi connectivity index (χ3n) is 6.14. The van der Waals surface area contributed by atoms with Gasteiger partial charge >= 0.3 is 0 Å². The summed E-state index contributed by atoms with van der Waals surface area (Å²) >= 11 is 0. The van der Waals surface area contributed by atoms with Crippen LogP contribution in [0.3, 0.4) is 0 Å². The van der Waals surface area contributed by atoms with Crippen molar-refractivity contribution in [1.29, 1.82) is 0 Å². The Morgan fingerprint density at radius 1 is 1.00 bits per heavy atom. The van der Waals surface area contributed by atoms with Crippen LogP contribution in [0.25, 0.3) is 0 Å². The van der Waals surface area contributed by atoms with Crippen LogP contribution in [0.1, 0.15) is 55.8 Å². The van der Waals surface area contributed by atoms with E-state index in [0.29, 0.717) is 42.1 Å². The maximum Gasteiger partial charge on any atom is 0.253 e. The average Bonchev–Trinajstić information content (AvgIpc) is 2.77.